The Hall–Kier alpha value is 0.470. The Kier molecular flexibility index (Phi) is 4.03. The third kappa shape index (κ3) is 2.65. The van der Waals surface area contributed by atoms with Crippen LogP contribution in [0.1, 0.15) is 49.2 Å². The van der Waals surface area contributed by atoms with Gasteiger partial charge in [0.05, 0.1) is 9.16 Å². The third-order valence-electron chi connectivity index (χ3n) is 3.81. The lowest BCUT2D eigenvalue weighted by molar-refractivity contribution is 0.137. The van der Waals surface area contributed by atoms with Gasteiger partial charge in [0.15, 0.2) is 0 Å². The largest absolute Gasteiger partial charge is 0.127 e. The van der Waals surface area contributed by atoms with Crippen molar-refractivity contribution < 1.29 is 0 Å². The predicted octanol–water partition coefficient (Wildman–Crippen LogP) is 6.05. The molecule has 2 rings (SSSR count). The second kappa shape index (κ2) is 4.99. The molecule has 0 bridgehead atoms. The second-order valence-electron chi connectivity index (χ2n) is 5.38. The Balaban J connectivity index is 2.17. The van der Waals surface area contributed by atoms with E-state index in [1.165, 1.54) is 30.6 Å². The van der Waals surface area contributed by atoms with E-state index < -0.39 is 0 Å². The minimum atomic E-state index is 0.447. The lowest BCUT2D eigenvalue weighted by Gasteiger charge is -2.41. The van der Waals surface area contributed by atoms with Crippen LogP contribution in [0.15, 0.2) is 12.1 Å². The summed E-state index contributed by atoms with van der Waals surface area (Å²) in [6.45, 7) is 4.81. The molecular weight excluding hydrogens is 304 g/mol. The fourth-order valence-corrected chi connectivity index (χ4v) is 5.26. The summed E-state index contributed by atoms with van der Waals surface area (Å²) in [5.74, 6) is 0.732. The summed E-state index contributed by atoms with van der Waals surface area (Å²) in [5, 5.41) is 0. The molecule has 0 spiro atoms. The van der Waals surface area contributed by atoms with Gasteiger partial charge in [-0.3, -0.25) is 0 Å². The normalized spacial score (nSPS) is 26.6. The van der Waals surface area contributed by atoms with Gasteiger partial charge in [0.2, 0.25) is 0 Å². The monoisotopic (exact) mass is 320 g/mol. The van der Waals surface area contributed by atoms with Crippen LogP contribution in [-0.4, -0.2) is 0 Å². The van der Waals surface area contributed by atoms with Crippen LogP contribution in [0.2, 0.25) is 4.34 Å². The van der Waals surface area contributed by atoms with Gasteiger partial charge in [-0.2, -0.15) is 0 Å². The minimum absolute atomic E-state index is 0.447. The van der Waals surface area contributed by atoms with E-state index in [1.54, 1.807) is 11.3 Å². The molecule has 1 aromatic heterocycles. The summed E-state index contributed by atoms with van der Waals surface area (Å²) >= 11 is 11.6. The first kappa shape index (κ1) is 12.9. The highest BCUT2D eigenvalue weighted by molar-refractivity contribution is 9.09. The summed E-state index contributed by atoms with van der Waals surface area (Å²) in [6, 6.07) is 4.17. The average Bonchev–Trinajstić information content (AvgIpc) is 2.63. The van der Waals surface area contributed by atoms with Crippen LogP contribution in [-0.2, 0) is 0 Å². The number of thiophene rings is 1. The zero-order valence-corrected chi connectivity index (χ0v) is 13.0. The van der Waals surface area contributed by atoms with E-state index in [4.69, 9.17) is 11.6 Å². The van der Waals surface area contributed by atoms with Crippen molar-refractivity contribution in [1.29, 1.82) is 0 Å². The molecule has 2 atom stereocenters. The first-order valence-corrected chi connectivity index (χ1v) is 8.01. The molecule has 1 aromatic rings. The van der Waals surface area contributed by atoms with Crippen LogP contribution in [0.4, 0.5) is 0 Å². The smallest absolute Gasteiger partial charge is 0.0931 e. The molecule has 1 fully saturated rings. The Bertz CT molecular complexity index is 359. The SMILES string of the molecule is CC1(C)CCCCC1C(Br)c1ccc(Cl)s1. The molecular formula is C13H18BrClS. The predicted molar refractivity (Wildman–Crippen MR) is 76.7 cm³/mol. The molecule has 3 heteroatoms. The topological polar surface area (TPSA) is 0 Å². The first-order valence-electron chi connectivity index (χ1n) is 5.90. The van der Waals surface area contributed by atoms with E-state index >= 15 is 0 Å². The van der Waals surface area contributed by atoms with Gasteiger partial charge in [0.25, 0.3) is 0 Å². The molecule has 0 aliphatic heterocycles. The highest BCUT2D eigenvalue weighted by atomic mass is 79.9. The maximum Gasteiger partial charge on any atom is 0.0931 e. The summed E-state index contributed by atoms with van der Waals surface area (Å²) in [4.78, 5) is 1.85. The molecule has 90 valence electrons. The summed E-state index contributed by atoms with van der Waals surface area (Å²) < 4.78 is 0.896. The van der Waals surface area contributed by atoms with Crippen molar-refractivity contribution >= 4 is 38.9 Å². The molecule has 1 aliphatic rings. The fraction of sp³-hybridized carbons (Fsp3) is 0.692. The van der Waals surface area contributed by atoms with E-state index in [1.807, 2.05) is 6.07 Å². The minimum Gasteiger partial charge on any atom is -0.127 e. The van der Waals surface area contributed by atoms with Crippen LogP contribution >= 0.6 is 38.9 Å². The van der Waals surface area contributed by atoms with Crippen molar-refractivity contribution in [2.75, 3.05) is 0 Å². The van der Waals surface area contributed by atoms with Crippen LogP contribution < -0.4 is 0 Å². The van der Waals surface area contributed by atoms with Crippen molar-refractivity contribution in [1.82, 2.24) is 0 Å². The van der Waals surface area contributed by atoms with Gasteiger partial charge in [-0.25, -0.2) is 0 Å². The van der Waals surface area contributed by atoms with Crippen LogP contribution in [0.5, 0.6) is 0 Å². The second-order valence-corrected chi connectivity index (χ2v) is 8.12. The lowest BCUT2D eigenvalue weighted by atomic mass is 9.67. The molecule has 1 heterocycles. The third-order valence-corrected chi connectivity index (χ3v) is 6.56. The Labute approximate surface area is 116 Å². The molecule has 0 radical (unpaired) electrons. The van der Waals surface area contributed by atoms with Crippen LogP contribution in [0.3, 0.4) is 0 Å². The fourth-order valence-electron chi connectivity index (χ4n) is 2.74. The van der Waals surface area contributed by atoms with Gasteiger partial charge >= 0.3 is 0 Å². The standard InChI is InChI=1S/C13H18BrClS/c1-13(2)8-4-3-5-9(13)12(14)10-6-7-11(15)16-10/h6-7,9,12H,3-5,8H2,1-2H3. The number of alkyl halides is 1. The van der Waals surface area contributed by atoms with Crippen LogP contribution in [0.25, 0.3) is 0 Å². The molecule has 0 amide bonds. The molecule has 0 N–H and O–H groups in total. The molecule has 0 saturated heterocycles. The van der Waals surface area contributed by atoms with Gasteiger partial charge in [-0.05, 0) is 36.3 Å². The van der Waals surface area contributed by atoms with E-state index in [0.29, 0.717) is 10.2 Å². The molecule has 0 nitrogen and oxygen atoms in total. The van der Waals surface area contributed by atoms with Gasteiger partial charge in [-0.1, -0.05) is 54.2 Å². The number of rotatable bonds is 2. The van der Waals surface area contributed by atoms with E-state index in [2.05, 4.69) is 35.8 Å². The van der Waals surface area contributed by atoms with E-state index in [0.717, 1.165) is 10.3 Å². The van der Waals surface area contributed by atoms with Gasteiger partial charge in [0.1, 0.15) is 0 Å². The van der Waals surface area contributed by atoms with Gasteiger partial charge < -0.3 is 0 Å². The Morgan fingerprint density at radius 2 is 2.19 bits per heavy atom. The average molecular weight is 322 g/mol. The lowest BCUT2D eigenvalue weighted by Crippen LogP contribution is -2.30. The van der Waals surface area contributed by atoms with Crippen molar-refractivity contribution in [3.63, 3.8) is 0 Å². The molecule has 1 aliphatic carbocycles. The van der Waals surface area contributed by atoms with Crippen molar-refractivity contribution in [3.8, 4) is 0 Å². The number of hydrogen-bond acceptors (Lipinski definition) is 1. The van der Waals surface area contributed by atoms with Gasteiger partial charge in [-0.15, -0.1) is 11.3 Å². The first-order chi connectivity index (χ1) is 7.50. The van der Waals surface area contributed by atoms with Crippen LogP contribution in [0, 0.1) is 11.3 Å². The molecule has 16 heavy (non-hydrogen) atoms. The van der Waals surface area contributed by atoms with Crippen molar-refractivity contribution in [2.24, 2.45) is 11.3 Å². The maximum atomic E-state index is 6.01. The number of halogens is 2. The highest BCUT2D eigenvalue weighted by Crippen LogP contribution is 2.51. The van der Waals surface area contributed by atoms with Crippen molar-refractivity contribution in [3.05, 3.63) is 21.3 Å². The van der Waals surface area contributed by atoms with Crippen molar-refractivity contribution in [2.45, 2.75) is 44.4 Å². The molecule has 1 saturated carbocycles. The van der Waals surface area contributed by atoms with E-state index in [-0.39, 0.29) is 0 Å². The quantitative estimate of drug-likeness (QED) is 0.581. The zero-order chi connectivity index (χ0) is 11.8. The number of hydrogen-bond donors (Lipinski definition) is 0. The zero-order valence-electron chi connectivity index (χ0n) is 9.80. The Morgan fingerprint density at radius 1 is 1.44 bits per heavy atom. The summed E-state index contributed by atoms with van der Waals surface area (Å²) in [5.41, 5.74) is 0.447. The highest BCUT2D eigenvalue weighted by Gasteiger charge is 2.37. The molecule has 2 unspecified atom stereocenters. The Morgan fingerprint density at radius 3 is 2.75 bits per heavy atom. The summed E-state index contributed by atoms with van der Waals surface area (Å²) in [6.07, 6.45) is 5.43. The maximum absolute atomic E-state index is 6.01. The summed E-state index contributed by atoms with van der Waals surface area (Å²) in [7, 11) is 0. The molecule has 0 aromatic carbocycles. The van der Waals surface area contributed by atoms with E-state index in [9.17, 15) is 0 Å². The van der Waals surface area contributed by atoms with Gasteiger partial charge in [0, 0.05) is 4.88 Å².